The molecule has 1 aliphatic heterocycles. The number of aliphatic imine (C=N–C) groups is 1. The van der Waals surface area contributed by atoms with E-state index in [1.54, 1.807) is 24.3 Å². The van der Waals surface area contributed by atoms with Gasteiger partial charge in [-0.05, 0) is 28.8 Å². The number of nitrogens with two attached hydrogens (primary N) is 1. The van der Waals surface area contributed by atoms with Crippen molar-refractivity contribution in [1.82, 2.24) is 0 Å². The minimum absolute atomic E-state index is 0. The molecule has 5 aromatic carbocycles. The maximum atomic E-state index is 8.45. The molecule has 39 heavy (non-hydrogen) atoms. The third-order valence-electron chi connectivity index (χ3n) is 6.04. The Labute approximate surface area is 241 Å². The van der Waals surface area contributed by atoms with E-state index in [1.165, 1.54) is 0 Å². The zero-order valence-electron chi connectivity index (χ0n) is 21.7. The monoisotopic (exact) mass is 496 g/mol. The molecule has 0 aromatic heterocycles. The number of rotatable bonds is 2. The smallest absolute Gasteiger partial charge is 0.383 e. The van der Waals surface area contributed by atoms with Crippen molar-refractivity contribution in [1.29, 1.82) is 10.5 Å². The standard InChI is InChI=1S/C20H16N2.C8H4N2.C6H5.Li/c21-19-17-13-7-8-14-18(17)20(22-19,15-9-3-1-4-10-15)16-11-5-2-6-12-16;9-5-7-3-1-2-4-8(7)6-10;1-2-4-6-5-3-1;/h1-14H,(H2,21,22);1-4H;1-5H;/q;;-1;+1. The zero-order chi connectivity index (χ0) is 26.6. The number of hydrogen-bond donors (Lipinski definition) is 1. The van der Waals surface area contributed by atoms with Crippen LogP contribution in [0.15, 0.2) is 145 Å². The number of nitrogens with zero attached hydrogens (tertiary/aromatic N) is 3. The number of fused-ring (bicyclic) bond motifs is 1. The molecule has 0 spiro atoms. The fourth-order valence-corrected chi connectivity index (χ4v) is 4.31. The zero-order valence-corrected chi connectivity index (χ0v) is 21.7. The Morgan fingerprint density at radius 1 is 0.590 bits per heavy atom. The molecule has 0 aliphatic carbocycles. The minimum atomic E-state index is -0.552. The summed E-state index contributed by atoms with van der Waals surface area (Å²) >= 11 is 0. The summed E-state index contributed by atoms with van der Waals surface area (Å²) in [6.07, 6.45) is 0. The normalized spacial score (nSPS) is 11.8. The third kappa shape index (κ3) is 6.54. The van der Waals surface area contributed by atoms with Crippen molar-refractivity contribution in [2.75, 3.05) is 0 Å². The van der Waals surface area contributed by atoms with E-state index in [4.69, 9.17) is 21.2 Å². The van der Waals surface area contributed by atoms with Gasteiger partial charge in [-0.1, -0.05) is 97.1 Å². The van der Waals surface area contributed by atoms with Crippen molar-refractivity contribution < 1.29 is 18.9 Å². The molecule has 182 valence electrons. The van der Waals surface area contributed by atoms with Gasteiger partial charge in [0.15, 0.2) is 0 Å². The molecular weight excluding hydrogens is 471 g/mol. The van der Waals surface area contributed by atoms with Gasteiger partial charge in [0.2, 0.25) is 0 Å². The second-order valence-electron chi connectivity index (χ2n) is 8.33. The molecule has 1 heterocycles. The van der Waals surface area contributed by atoms with Gasteiger partial charge < -0.3 is 5.73 Å². The van der Waals surface area contributed by atoms with E-state index in [0.29, 0.717) is 17.0 Å². The maximum Gasteiger partial charge on any atom is 1.00 e. The first-order valence-electron chi connectivity index (χ1n) is 12.1. The molecule has 0 fully saturated rings. The van der Waals surface area contributed by atoms with Gasteiger partial charge in [0, 0.05) is 5.56 Å². The summed E-state index contributed by atoms with van der Waals surface area (Å²) in [4.78, 5) is 4.92. The maximum absolute atomic E-state index is 8.45. The van der Waals surface area contributed by atoms with Gasteiger partial charge in [-0.3, -0.25) is 0 Å². The Bertz CT molecular complexity index is 1490. The molecule has 5 heteroatoms. The van der Waals surface area contributed by atoms with Crippen molar-refractivity contribution in [2.24, 2.45) is 10.7 Å². The van der Waals surface area contributed by atoms with E-state index in [2.05, 4.69) is 36.4 Å². The number of nitriles is 2. The van der Waals surface area contributed by atoms with Gasteiger partial charge in [-0.2, -0.15) is 46.9 Å². The van der Waals surface area contributed by atoms with Crippen LogP contribution in [0.2, 0.25) is 0 Å². The number of hydrogen-bond acceptors (Lipinski definition) is 4. The van der Waals surface area contributed by atoms with Crippen LogP contribution in [-0.2, 0) is 5.54 Å². The van der Waals surface area contributed by atoms with E-state index >= 15 is 0 Å². The molecular formula is C34H25LiN4. The van der Waals surface area contributed by atoms with E-state index in [-0.39, 0.29) is 18.9 Å². The second kappa shape index (κ2) is 14.2. The van der Waals surface area contributed by atoms with Gasteiger partial charge in [0.1, 0.15) is 23.5 Å². The van der Waals surface area contributed by atoms with Crippen molar-refractivity contribution in [2.45, 2.75) is 5.54 Å². The minimum Gasteiger partial charge on any atom is -0.383 e. The van der Waals surface area contributed by atoms with Gasteiger partial charge in [-0.25, -0.2) is 4.99 Å². The van der Waals surface area contributed by atoms with Crippen LogP contribution >= 0.6 is 0 Å². The van der Waals surface area contributed by atoms with E-state index in [9.17, 15) is 0 Å². The molecule has 0 saturated carbocycles. The predicted molar refractivity (Wildman–Crippen MR) is 151 cm³/mol. The van der Waals surface area contributed by atoms with Gasteiger partial charge in [0.25, 0.3) is 0 Å². The average molecular weight is 497 g/mol. The summed E-state index contributed by atoms with van der Waals surface area (Å²) in [5.74, 6) is 0.600. The SMILES string of the molecule is N#Cc1ccccc1C#N.NC1=NC(c2ccccc2)(c2ccccc2)c2ccccc21.[Li+].[c-]1ccccc1. The molecule has 1 aliphatic rings. The van der Waals surface area contributed by atoms with Crippen LogP contribution in [0.25, 0.3) is 0 Å². The molecule has 0 saturated heterocycles. The van der Waals surface area contributed by atoms with Gasteiger partial charge in [-0.15, -0.1) is 0 Å². The summed E-state index contributed by atoms with van der Waals surface area (Å²) in [5, 5.41) is 16.9. The van der Waals surface area contributed by atoms with E-state index in [1.807, 2.05) is 97.1 Å². The van der Waals surface area contributed by atoms with Crippen molar-refractivity contribution in [3.8, 4) is 12.1 Å². The molecule has 5 aromatic rings. The topological polar surface area (TPSA) is 86.0 Å². The Morgan fingerprint density at radius 2 is 1.03 bits per heavy atom. The first-order chi connectivity index (χ1) is 18.7. The molecule has 0 amide bonds. The molecule has 2 N–H and O–H groups in total. The Hall–Kier alpha value is -4.85. The third-order valence-corrected chi connectivity index (χ3v) is 6.04. The van der Waals surface area contributed by atoms with Crippen molar-refractivity contribution >= 4 is 5.84 Å². The van der Waals surface area contributed by atoms with Gasteiger partial charge in [0.05, 0.1) is 11.1 Å². The fraction of sp³-hybridized carbons (Fsp3) is 0.0294. The van der Waals surface area contributed by atoms with Crippen molar-refractivity contribution in [3.05, 3.63) is 179 Å². The quantitative estimate of drug-likeness (QED) is 0.299. The Balaban J connectivity index is 0.000000205. The van der Waals surface area contributed by atoms with Crippen LogP contribution < -0.4 is 24.6 Å². The summed E-state index contributed by atoms with van der Waals surface area (Å²) in [5.41, 5.74) is 11.0. The van der Waals surface area contributed by atoms with Crippen molar-refractivity contribution in [3.63, 3.8) is 0 Å². The molecule has 0 unspecified atom stereocenters. The van der Waals surface area contributed by atoms with E-state index in [0.717, 1.165) is 22.3 Å². The van der Waals surface area contributed by atoms with Crippen LogP contribution in [0.5, 0.6) is 0 Å². The molecule has 0 bridgehead atoms. The molecule has 0 radical (unpaired) electrons. The van der Waals surface area contributed by atoms with Crippen LogP contribution in [0.4, 0.5) is 0 Å². The second-order valence-corrected chi connectivity index (χ2v) is 8.33. The average Bonchev–Trinajstić information content (AvgIpc) is 3.32. The summed E-state index contributed by atoms with van der Waals surface area (Å²) < 4.78 is 0. The van der Waals surface area contributed by atoms with Crippen LogP contribution in [0, 0.1) is 28.7 Å². The van der Waals surface area contributed by atoms with Crippen LogP contribution in [0.3, 0.4) is 0 Å². The number of amidine groups is 1. The first kappa shape index (κ1) is 28.7. The number of benzene rings is 5. The van der Waals surface area contributed by atoms with E-state index < -0.39 is 5.54 Å². The first-order valence-corrected chi connectivity index (χ1v) is 12.1. The van der Waals surface area contributed by atoms with Gasteiger partial charge >= 0.3 is 18.9 Å². The molecule has 6 rings (SSSR count). The predicted octanol–water partition coefficient (Wildman–Crippen LogP) is 3.62. The summed E-state index contributed by atoms with van der Waals surface area (Å²) in [6.45, 7) is 0. The molecule has 4 nitrogen and oxygen atoms in total. The van der Waals surface area contributed by atoms with Crippen LogP contribution in [0.1, 0.15) is 33.4 Å². The summed E-state index contributed by atoms with van der Waals surface area (Å²) in [7, 11) is 0. The Kier molecular flexibility index (Phi) is 10.4. The largest absolute Gasteiger partial charge is 1.00 e. The Morgan fingerprint density at radius 3 is 1.46 bits per heavy atom. The summed E-state index contributed by atoms with van der Waals surface area (Å²) in [6, 6.07) is 52.0. The fourth-order valence-electron chi connectivity index (χ4n) is 4.31. The van der Waals surface area contributed by atoms with Crippen LogP contribution in [-0.4, -0.2) is 5.84 Å². The molecule has 0 atom stereocenters.